The predicted octanol–water partition coefficient (Wildman–Crippen LogP) is 5.40. The molecule has 0 spiro atoms. The third kappa shape index (κ3) is 4.63. The summed E-state index contributed by atoms with van der Waals surface area (Å²) in [5.41, 5.74) is 15.8. The highest BCUT2D eigenvalue weighted by Gasteiger charge is 2.35. The van der Waals surface area contributed by atoms with Crippen LogP contribution in [0.4, 0.5) is 5.69 Å². The normalized spacial score (nSPS) is 14.1. The summed E-state index contributed by atoms with van der Waals surface area (Å²) in [7, 11) is 1.94. The molecule has 0 fully saturated rings. The number of nitrogens with one attached hydrogen (secondary N) is 2. The molecule has 1 aliphatic carbocycles. The number of carbonyl (C=O) groups excluding carboxylic acids is 2. The van der Waals surface area contributed by atoms with Crippen molar-refractivity contribution in [2.75, 3.05) is 11.9 Å². The molecule has 0 bridgehead atoms. The lowest BCUT2D eigenvalue weighted by Gasteiger charge is -2.22. The first-order chi connectivity index (χ1) is 21.0. The molecule has 0 saturated carbocycles. The molecule has 44 heavy (non-hydrogen) atoms. The van der Waals surface area contributed by atoms with E-state index in [0.717, 1.165) is 69.2 Å². The number of amides is 2. The lowest BCUT2D eigenvalue weighted by atomic mass is 9.82. The maximum atomic E-state index is 13.4. The van der Waals surface area contributed by atoms with Crippen LogP contribution in [0.3, 0.4) is 0 Å². The van der Waals surface area contributed by atoms with Gasteiger partial charge in [-0.15, -0.1) is 0 Å². The third-order valence-corrected chi connectivity index (χ3v) is 8.75. The van der Waals surface area contributed by atoms with Gasteiger partial charge in [-0.1, -0.05) is 26.0 Å². The number of nitrogens with two attached hydrogens (primary N) is 1. The van der Waals surface area contributed by atoms with Crippen molar-refractivity contribution in [3.63, 3.8) is 0 Å². The minimum atomic E-state index is -0.451. The van der Waals surface area contributed by atoms with Crippen molar-refractivity contribution in [2.24, 2.45) is 18.7 Å². The third-order valence-electron chi connectivity index (χ3n) is 8.75. The number of fused-ring (bicyclic) bond motifs is 10. The Morgan fingerprint density at radius 2 is 1.89 bits per heavy atom. The van der Waals surface area contributed by atoms with Gasteiger partial charge in [0.25, 0.3) is 11.8 Å². The summed E-state index contributed by atoms with van der Waals surface area (Å²) < 4.78 is 10.3. The van der Waals surface area contributed by atoms with Crippen molar-refractivity contribution in [3.05, 3.63) is 76.6 Å². The average Bonchev–Trinajstić information content (AvgIpc) is 3.64. The Labute approximate surface area is 256 Å². The van der Waals surface area contributed by atoms with Crippen molar-refractivity contribution in [1.82, 2.24) is 19.7 Å². The van der Waals surface area contributed by atoms with Crippen molar-refractivity contribution < 1.29 is 14.3 Å². The first kappa shape index (κ1) is 28.2. The molecule has 5 aromatic rings. The van der Waals surface area contributed by atoms with Gasteiger partial charge >= 0.3 is 0 Å². The van der Waals surface area contributed by atoms with Crippen LogP contribution in [0.5, 0.6) is 5.75 Å². The molecule has 0 unspecified atom stereocenters. The van der Waals surface area contributed by atoms with E-state index in [2.05, 4.69) is 35.1 Å². The van der Waals surface area contributed by atoms with Gasteiger partial charge < -0.3 is 25.7 Å². The van der Waals surface area contributed by atoms with Crippen LogP contribution in [-0.4, -0.2) is 32.8 Å². The van der Waals surface area contributed by atoms with Crippen molar-refractivity contribution in [2.45, 2.75) is 59.2 Å². The van der Waals surface area contributed by atoms with E-state index < -0.39 is 5.54 Å². The number of aryl methyl sites for hydroxylation is 3. The van der Waals surface area contributed by atoms with Crippen LogP contribution >= 0.6 is 0 Å². The Morgan fingerprint density at radius 3 is 2.61 bits per heavy atom. The summed E-state index contributed by atoms with van der Waals surface area (Å²) in [4.78, 5) is 26.2. The van der Waals surface area contributed by atoms with E-state index in [1.165, 1.54) is 11.1 Å². The molecule has 4 N–H and O–H groups in total. The molecular weight excluding hydrogens is 552 g/mol. The number of rotatable bonds is 7. The summed E-state index contributed by atoms with van der Waals surface area (Å²) in [5, 5.41) is 12.8. The second-order valence-electron chi connectivity index (χ2n) is 13.1. The van der Waals surface area contributed by atoms with Gasteiger partial charge in [0.05, 0.1) is 16.8 Å². The van der Waals surface area contributed by atoms with Crippen LogP contribution in [0.15, 0.2) is 48.7 Å². The second kappa shape index (κ2) is 10.2. The summed E-state index contributed by atoms with van der Waals surface area (Å²) in [5.74, 6) is 0.741. The standard InChI is InChI=1S/C35H38N6O3/c1-19(2)16-41-28-13-10-22(44-18-29(42)38-21-8-6-20(7-9-21)35(3,4)36)14-24(28)31-25-15-37-34(43)32(25)30-23(33(31)41)11-12-27-26(30)17-40(5)39-27/h6-10,13-14,17,19H,11-12,15-16,18,36H2,1-5H3,(H,37,43)(H,38,42). The minimum absolute atomic E-state index is 0.0354. The topological polar surface area (TPSA) is 116 Å². The summed E-state index contributed by atoms with van der Waals surface area (Å²) in [6.07, 6.45) is 3.70. The minimum Gasteiger partial charge on any atom is -0.484 e. The fraction of sp³-hybridized carbons (Fsp3) is 0.343. The highest BCUT2D eigenvalue weighted by atomic mass is 16.5. The van der Waals surface area contributed by atoms with Crippen LogP contribution in [0.25, 0.3) is 32.9 Å². The van der Waals surface area contributed by atoms with Crippen molar-refractivity contribution in [1.29, 1.82) is 0 Å². The maximum absolute atomic E-state index is 13.4. The molecule has 7 rings (SSSR count). The molecule has 0 saturated heterocycles. The molecule has 0 radical (unpaired) electrons. The van der Waals surface area contributed by atoms with E-state index in [1.54, 1.807) is 0 Å². The average molecular weight is 591 g/mol. The van der Waals surface area contributed by atoms with Gasteiger partial charge in [0.1, 0.15) is 5.75 Å². The van der Waals surface area contributed by atoms with E-state index in [-0.39, 0.29) is 18.4 Å². The molecular formula is C35H38N6O3. The Bertz CT molecular complexity index is 1970. The number of hydrogen-bond donors (Lipinski definition) is 3. The summed E-state index contributed by atoms with van der Waals surface area (Å²) in [6, 6.07) is 13.6. The smallest absolute Gasteiger partial charge is 0.262 e. The Balaban J connectivity index is 1.28. The first-order valence-corrected chi connectivity index (χ1v) is 15.3. The highest BCUT2D eigenvalue weighted by Crippen LogP contribution is 2.47. The van der Waals surface area contributed by atoms with Gasteiger partial charge in [-0.3, -0.25) is 14.3 Å². The maximum Gasteiger partial charge on any atom is 0.262 e. The molecule has 9 heteroatoms. The monoisotopic (exact) mass is 590 g/mol. The molecule has 0 atom stereocenters. The summed E-state index contributed by atoms with van der Waals surface area (Å²) >= 11 is 0. The largest absolute Gasteiger partial charge is 0.484 e. The Kier molecular flexibility index (Phi) is 6.55. The van der Waals surface area contributed by atoms with Gasteiger partial charge in [-0.05, 0) is 79.6 Å². The van der Waals surface area contributed by atoms with Gasteiger partial charge in [-0.25, -0.2) is 0 Å². The second-order valence-corrected chi connectivity index (χ2v) is 13.1. The van der Waals surface area contributed by atoms with Crippen molar-refractivity contribution >= 4 is 39.3 Å². The first-order valence-electron chi connectivity index (χ1n) is 15.3. The molecule has 3 aromatic carbocycles. The lowest BCUT2D eigenvalue weighted by Crippen LogP contribution is -2.28. The molecule has 9 nitrogen and oxygen atoms in total. The Hall–Kier alpha value is -4.63. The van der Waals surface area contributed by atoms with Gasteiger partial charge in [0.2, 0.25) is 0 Å². The fourth-order valence-electron chi connectivity index (χ4n) is 6.87. The number of benzene rings is 3. The zero-order valence-corrected chi connectivity index (χ0v) is 25.9. The Morgan fingerprint density at radius 1 is 1.11 bits per heavy atom. The number of anilines is 1. The number of hydrogen-bond acceptors (Lipinski definition) is 5. The van der Waals surface area contributed by atoms with Gasteiger partial charge in [0, 0.05) is 65.0 Å². The SMILES string of the molecule is CC(C)Cn1c2ccc(OCC(=O)Nc3ccc(C(C)(C)N)cc3)cc2c2c3c(c4c(c21)CCc1nn(C)cc1-4)C(=O)NC3. The number of aromatic nitrogens is 3. The predicted molar refractivity (Wildman–Crippen MR) is 173 cm³/mol. The highest BCUT2D eigenvalue weighted by molar-refractivity contribution is 6.19. The molecule has 2 amide bonds. The van der Waals surface area contributed by atoms with Crippen LogP contribution in [-0.2, 0) is 43.3 Å². The van der Waals surface area contributed by atoms with Crippen LogP contribution in [0.1, 0.15) is 60.4 Å². The molecule has 2 aliphatic rings. The molecule has 226 valence electrons. The van der Waals surface area contributed by atoms with Crippen LogP contribution in [0.2, 0.25) is 0 Å². The van der Waals surface area contributed by atoms with Crippen molar-refractivity contribution in [3.8, 4) is 16.9 Å². The van der Waals surface area contributed by atoms with Crippen LogP contribution in [0, 0.1) is 5.92 Å². The van der Waals surface area contributed by atoms with E-state index in [0.29, 0.717) is 23.9 Å². The molecule has 3 heterocycles. The van der Waals surface area contributed by atoms with E-state index in [1.807, 2.05) is 68.2 Å². The zero-order chi connectivity index (χ0) is 30.9. The van der Waals surface area contributed by atoms with E-state index >= 15 is 0 Å². The number of carbonyl (C=O) groups is 2. The fourth-order valence-corrected chi connectivity index (χ4v) is 6.87. The molecule has 2 aromatic heterocycles. The quantitative estimate of drug-likeness (QED) is 0.235. The zero-order valence-electron chi connectivity index (χ0n) is 25.9. The number of nitrogens with zero attached hydrogens (tertiary/aromatic N) is 3. The van der Waals surface area contributed by atoms with E-state index in [9.17, 15) is 9.59 Å². The summed E-state index contributed by atoms with van der Waals surface area (Å²) in [6.45, 7) is 9.53. The van der Waals surface area contributed by atoms with Gasteiger partial charge in [-0.2, -0.15) is 5.10 Å². The lowest BCUT2D eigenvalue weighted by molar-refractivity contribution is -0.118. The number of ether oxygens (including phenoxy) is 1. The van der Waals surface area contributed by atoms with E-state index in [4.69, 9.17) is 15.6 Å². The van der Waals surface area contributed by atoms with Gasteiger partial charge in [0.15, 0.2) is 6.61 Å². The molecule has 1 aliphatic heterocycles. The van der Waals surface area contributed by atoms with Crippen LogP contribution < -0.4 is 21.1 Å².